The summed E-state index contributed by atoms with van der Waals surface area (Å²) in [5, 5.41) is 9.63. The van der Waals surface area contributed by atoms with Gasteiger partial charge in [0.25, 0.3) is 0 Å². The molecular formula is C31H26O5. The lowest BCUT2D eigenvalue weighted by Gasteiger charge is -2.11. The molecule has 0 radical (unpaired) electrons. The van der Waals surface area contributed by atoms with E-state index < -0.39 is 11.9 Å². The third kappa shape index (κ3) is 6.48. The lowest BCUT2D eigenvalue weighted by atomic mass is 9.95. The number of carbonyl (C=O) groups excluding carboxylic acids is 1. The Morgan fingerprint density at radius 2 is 1.31 bits per heavy atom. The number of benzene rings is 4. The van der Waals surface area contributed by atoms with Crippen LogP contribution >= 0.6 is 0 Å². The largest absolute Gasteiger partial charge is 0.478 e. The minimum Gasteiger partial charge on any atom is -0.478 e. The molecule has 0 fully saturated rings. The highest BCUT2D eigenvalue weighted by Gasteiger charge is 2.17. The highest BCUT2D eigenvalue weighted by molar-refractivity contribution is 6.02. The fourth-order valence-electron chi connectivity index (χ4n) is 3.94. The second-order valence-electron chi connectivity index (χ2n) is 8.30. The average molecular weight is 479 g/mol. The zero-order chi connectivity index (χ0) is 25.3. The number of allylic oxidation sites excluding steroid dienone is 1. The molecule has 0 amide bonds. The standard InChI is InChI=1S/C31H26O5/c1-35-31(34)28-17-14-24(21-29(28)30(32)33)20-25(18-22-8-4-2-5-9-22)19-23-12-15-27(16-13-23)36-26-10-6-3-7-11-26/h2-17,20-21H,18-19H2,1H3,(H,32,33). The molecule has 5 heteroatoms. The van der Waals surface area contributed by atoms with Crippen LogP contribution in [0.3, 0.4) is 0 Å². The van der Waals surface area contributed by atoms with Crippen LogP contribution in [0.5, 0.6) is 11.5 Å². The van der Waals surface area contributed by atoms with Gasteiger partial charge >= 0.3 is 11.9 Å². The molecule has 0 aromatic heterocycles. The zero-order valence-corrected chi connectivity index (χ0v) is 19.9. The monoisotopic (exact) mass is 478 g/mol. The van der Waals surface area contributed by atoms with Crippen LogP contribution in [0.1, 0.15) is 37.4 Å². The smallest absolute Gasteiger partial charge is 0.338 e. The maximum Gasteiger partial charge on any atom is 0.338 e. The van der Waals surface area contributed by atoms with E-state index in [-0.39, 0.29) is 11.1 Å². The Bertz CT molecular complexity index is 1360. The summed E-state index contributed by atoms with van der Waals surface area (Å²) in [7, 11) is 1.23. The summed E-state index contributed by atoms with van der Waals surface area (Å²) in [6.07, 6.45) is 3.35. The van der Waals surface area contributed by atoms with Crippen LogP contribution < -0.4 is 4.74 Å². The van der Waals surface area contributed by atoms with E-state index in [1.54, 1.807) is 6.07 Å². The molecular weight excluding hydrogens is 452 g/mol. The van der Waals surface area contributed by atoms with Crippen molar-refractivity contribution in [2.45, 2.75) is 12.8 Å². The van der Waals surface area contributed by atoms with Crippen LogP contribution in [0.25, 0.3) is 6.08 Å². The number of rotatable bonds is 9. The number of hydrogen-bond acceptors (Lipinski definition) is 4. The van der Waals surface area contributed by atoms with Gasteiger partial charge in [0.15, 0.2) is 0 Å². The quantitative estimate of drug-likeness (QED) is 0.267. The molecule has 0 heterocycles. The Labute approximate surface area is 210 Å². The van der Waals surface area contributed by atoms with E-state index in [9.17, 15) is 14.7 Å². The highest BCUT2D eigenvalue weighted by Crippen LogP contribution is 2.24. The number of carboxylic acid groups (broad SMARTS) is 1. The molecule has 4 rings (SSSR count). The summed E-state index contributed by atoms with van der Waals surface area (Å²) >= 11 is 0. The molecule has 4 aromatic carbocycles. The first-order chi connectivity index (χ1) is 17.5. The summed E-state index contributed by atoms with van der Waals surface area (Å²) < 4.78 is 10.6. The first kappa shape index (κ1) is 24.5. The lowest BCUT2D eigenvalue weighted by Crippen LogP contribution is -2.10. The van der Waals surface area contributed by atoms with Crippen molar-refractivity contribution >= 4 is 18.0 Å². The van der Waals surface area contributed by atoms with Crippen LogP contribution in [0.15, 0.2) is 109 Å². The molecule has 0 atom stereocenters. The van der Waals surface area contributed by atoms with E-state index >= 15 is 0 Å². The summed E-state index contributed by atoms with van der Waals surface area (Å²) in [6, 6.07) is 32.4. The van der Waals surface area contributed by atoms with Gasteiger partial charge in [0.1, 0.15) is 11.5 Å². The Hall–Kier alpha value is -4.64. The molecule has 4 aromatic rings. The number of ether oxygens (including phenoxy) is 2. The third-order valence-electron chi connectivity index (χ3n) is 5.66. The van der Waals surface area contributed by atoms with Crippen molar-refractivity contribution in [3.63, 3.8) is 0 Å². The molecule has 0 bridgehead atoms. The topological polar surface area (TPSA) is 72.8 Å². The van der Waals surface area contributed by atoms with Crippen molar-refractivity contribution in [1.29, 1.82) is 0 Å². The van der Waals surface area contributed by atoms with Crippen molar-refractivity contribution in [3.05, 3.63) is 137 Å². The van der Waals surface area contributed by atoms with E-state index in [1.807, 2.05) is 78.9 Å². The van der Waals surface area contributed by atoms with Crippen molar-refractivity contribution in [1.82, 2.24) is 0 Å². The number of carboxylic acids is 1. The van der Waals surface area contributed by atoms with E-state index in [2.05, 4.69) is 12.1 Å². The number of aromatic carboxylic acids is 1. The van der Waals surface area contributed by atoms with E-state index in [1.165, 1.54) is 19.2 Å². The number of hydrogen-bond donors (Lipinski definition) is 1. The van der Waals surface area contributed by atoms with Gasteiger partial charge in [-0.2, -0.15) is 0 Å². The molecule has 0 saturated carbocycles. The second kappa shape index (κ2) is 11.7. The Morgan fingerprint density at radius 3 is 1.92 bits per heavy atom. The number of methoxy groups -OCH3 is 1. The van der Waals surface area contributed by atoms with Gasteiger partial charge in [-0.3, -0.25) is 0 Å². The lowest BCUT2D eigenvalue weighted by molar-refractivity contribution is 0.0582. The van der Waals surface area contributed by atoms with E-state index in [0.29, 0.717) is 18.4 Å². The normalized spacial score (nSPS) is 11.1. The van der Waals surface area contributed by atoms with Crippen molar-refractivity contribution < 1.29 is 24.2 Å². The van der Waals surface area contributed by atoms with Gasteiger partial charge in [-0.15, -0.1) is 0 Å². The minimum atomic E-state index is -1.18. The number of esters is 1. The van der Waals surface area contributed by atoms with E-state index in [0.717, 1.165) is 28.2 Å². The van der Waals surface area contributed by atoms with E-state index in [4.69, 9.17) is 9.47 Å². The predicted octanol–water partition coefficient (Wildman–Crippen LogP) is 6.83. The Balaban J connectivity index is 1.61. The van der Waals surface area contributed by atoms with Crippen LogP contribution in [-0.2, 0) is 17.6 Å². The Morgan fingerprint density at radius 1 is 0.722 bits per heavy atom. The SMILES string of the molecule is COC(=O)c1ccc(C=C(Cc2ccccc2)Cc2ccc(Oc3ccccc3)cc2)cc1C(=O)O. The maximum absolute atomic E-state index is 12.0. The van der Waals surface area contributed by atoms with Gasteiger partial charge in [-0.1, -0.05) is 78.4 Å². The van der Waals surface area contributed by atoms with Gasteiger partial charge in [0, 0.05) is 0 Å². The average Bonchev–Trinajstić information content (AvgIpc) is 2.90. The summed E-state index contributed by atoms with van der Waals surface area (Å²) in [6.45, 7) is 0. The molecule has 0 aliphatic heterocycles. The molecule has 0 unspecified atom stereocenters. The number of para-hydroxylation sites is 1. The summed E-state index contributed by atoms with van der Waals surface area (Å²) in [4.78, 5) is 23.8. The minimum absolute atomic E-state index is 0.0285. The molecule has 0 spiro atoms. The second-order valence-corrected chi connectivity index (χ2v) is 8.30. The highest BCUT2D eigenvalue weighted by atomic mass is 16.5. The summed E-state index contributed by atoms with van der Waals surface area (Å²) in [5.74, 6) is -0.322. The first-order valence-corrected chi connectivity index (χ1v) is 11.5. The van der Waals surface area contributed by atoms with Gasteiger partial charge in [-0.05, 0) is 65.9 Å². The number of carbonyl (C=O) groups is 2. The Kier molecular flexibility index (Phi) is 7.94. The zero-order valence-electron chi connectivity index (χ0n) is 19.9. The van der Waals surface area contributed by atoms with Gasteiger partial charge in [-0.25, -0.2) is 9.59 Å². The molecule has 0 aliphatic rings. The molecule has 0 saturated heterocycles. The third-order valence-corrected chi connectivity index (χ3v) is 5.66. The molecule has 36 heavy (non-hydrogen) atoms. The van der Waals surface area contributed by atoms with Gasteiger partial charge in [0.2, 0.25) is 0 Å². The first-order valence-electron chi connectivity index (χ1n) is 11.5. The predicted molar refractivity (Wildman–Crippen MR) is 140 cm³/mol. The van der Waals surface area contributed by atoms with Crippen LogP contribution in [0.4, 0.5) is 0 Å². The molecule has 5 nitrogen and oxygen atoms in total. The maximum atomic E-state index is 12.0. The van der Waals surface area contributed by atoms with Gasteiger partial charge < -0.3 is 14.6 Å². The molecule has 180 valence electrons. The van der Waals surface area contributed by atoms with Crippen LogP contribution in [-0.4, -0.2) is 24.2 Å². The molecule has 0 aliphatic carbocycles. The van der Waals surface area contributed by atoms with Crippen LogP contribution in [0, 0.1) is 0 Å². The van der Waals surface area contributed by atoms with Gasteiger partial charge in [0.05, 0.1) is 18.2 Å². The van der Waals surface area contributed by atoms with Crippen molar-refractivity contribution in [3.8, 4) is 11.5 Å². The fourth-order valence-corrected chi connectivity index (χ4v) is 3.94. The van der Waals surface area contributed by atoms with Crippen LogP contribution in [0.2, 0.25) is 0 Å². The molecule has 1 N–H and O–H groups in total. The summed E-state index contributed by atoms with van der Waals surface area (Å²) in [5.41, 5.74) is 3.99. The van der Waals surface area contributed by atoms with Crippen molar-refractivity contribution in [2.75, 3.05) is 7.11 Å². The van der Waals surface area contributed by atoms with Crippen molar-refractivity contribution in [2.24, 2.45) is 0 Å². The fraction of sp³-hybridized carbons (Fsp3) is 0.0968.